The number of nitrogens with zero attached hydrogens (tertiary/aromatic N) is 3. The second-order valence-electron chi connectivity index (χ2n) is 6.61. The summed E-state index contributed by atoms with van der Waals surface area (Å²) >= 11 is 0. The number of likely N-dealkylation sites (tertiary alicyclic amines) is 1. The van der Waals surface area contributed by atoms with Gasteiger partial charge in [-0.25, -0.2) is 0 Å². The molecule has 6 heteroatoms. The van der Waals surface area contributed by atoms with Crippen LogP contribution in [-0.4, -0.2) is 42.1 Å². The third-order valence-corrected chi connectivity index (χ3v) is 4.65. The summed E-state index contributed by atoms with van der Waals surface area (Å²) in [6, 6.07) is 15.7. The Morgan fingerprint density at radius 3 is 2.73 bits per heavy atom. The molecule has 26 heavy (non-hydrogen) atoms. The lowest BCUT2D eigenvalue weighted by atomic mass is 9.93. The highest BCUT2D eigenvalue weighted by Gasteiger charge is 2.34. The summed E-state index contributed by atoms with van der Waals surface area (Å²) in [5, 5.41) is 8.92. The molecule has 2 aromatic rings. The van der Waals surface area contributed by atoms with E-state index in [1.807, 2.05) is 42.5 Å². The highest BCUT2D eigenvalue weighted by Crippen LogP contribution is 2.32. The molecule has 2 atom stereocenters. The fraction of sp³-hybridized carbons (Fsp3) is 0.350. The Kier molecular flexibility index (Phi) is 5.95. The average molecular weight is 350 g/mol. The SMILES string of the molecule is N#Cc1ccc(CN2C[C@@H](COCC(N)=O)[C@H](c3ccccn3)C2)cc1. The first-order valence-corrected chi connectivity index (χ1v) is 8.64. The lowest BCUT2D eigenvalue weighted by Gasteiger charge is -2.17. The zero-order valence-corrected chi connectivity index (χ0v) is 14.5. The first kappa shape index (κ1) is 18.1. The lowest BCUT2D eigenvalue weighted by Crippen LogP contribution is -2.24. The van der Waals surface area contributed by atoms with Crippen LogP contribution in [-0.2, 0) is 16.1 Å². The molecule has 0 bridgehead atoms. The van der Waals surface area contributed by atoms with E-state index in [9.17, 15) is 4.79 Å². The van der Waals surface area contributed by atoms with Gasteiger partial charge in [0.15, 0.2) is 0 Å². The van der Waals surface area contributed by atoms with Crippen LogP contribution in [0.1, 0.15) is 22.7 Å². The fourth-order valence-electron chi connectivity index (χ4n) is 3.44. The van der Waals surface area contributed by atoms with Gasteiger partial charge in [-0.2, -0.15) is 5.26 Å². The quantitative estimate of drug-likeness (QED) is 0.820. The largest absolute Gasteiger partial charge is 0.371 e. The molecule has 2 heterocycles. The molecular formula is C20H22N4O2. The van der Waals surface area contributed by atoms with Crippen molar-refractivity contribution in [1.82, 2.24) is 9.88 Å². The molecule has 1 aromatic carbocycles. The lowest BCUT2D eigenvalue weighted by molar-refractivity contribution is -0.122. The second-order valence-corrected chi connectivity index (χ2v) is 6.61. The number of pyridine rings is 1. The zero-order chi connectivity index (χ0) is 18.4. The van der Waals surface area contributed by atoms with Crippen molar-refractivity contribution in [2.75, 3.05) is 26.3 Å². The number of aromatic nitrogens is 1. The van der Waals surface area contributed by atoms with Crippen LogP contribution in [0.3, 0.4) is 0 Å². The van der Waals surface area contributed by atoms with Gasteiger partial charge in [0.25, 0.3) is 0 Å². The maximum absolute atomic E-state index is 10.9. The van der Waals surface area contributed by atoms with Gasteiger partial charge in [0, 0.05) is 43.4 Å². The van der Waals surface area contributed by atoms with Gasteiger partial charge in [0.1, 0.15) is 6.61 Å². The second kappa shape index (κ2) is 8.56. The Hall–Kier alpha value is -2.75. The van der Waals surface area contributed by atoms with E-state index < -0.39 is 5.91 Å². The molecule has 1 saturated heterocycles. The smallest absolute Gasteiger partial charge is 0.243 e. The summed E-state index contributed by atoms with van der Waals surface area (Å²) < 4.78 is 5.49. The molecule has 0 saturated carbocycles. The van der Waals surface area contributed by atoms with E-state index in [2.05, 4.69) is 16.0 Å². The van der Waals surface area contributed by atoms with Crippen molar-refractivity contribution in [3.63, 3.8) is 0 Å². The minimum absolute atomic E-state index is 0.0545. The van der Waals surface area contributed by atoms with Crippen LogP contribution in [0.4, 0.5) is 0 Å². The summed E-state index contributed by atoms with van der Waals surface area (Å²) in [6.07, 6.45) is 1.81. The molecular weight excluding hydrogens is 328 g/mol. The van der Waals surface area contributed by atoms with Crippen LogP contribution in [0.2, 0.25) is 0 Å². The van der Waals surface area contributed by atoms with Crippen LogP contribution in [0.15, 0.2) is 48.7 Å². The molecule has 0 radical (unpaired) electrons. The van der Waals surface area contributed by atoms with Crippen molar-refractivity contribution >= 4 is 5.91 Å². The Labute approximate surface area is 153 Å². The van der Waals surface area contributed by atoms with Gasteiger partial charge in [-0.15, -0.1) is 0 Å². The predicted octanol–water partition coefficient (Wildman–Crippen LogP) is 1.67. The normalized spacial score (nSPS) is 20.0. The maximum Gasteiger partial charge on any atom is 0.243 e. The monoisotopic (exact) mass is 350 g/mol. The van der Waals surface area contributed by atoms with Gasteiger partial charge in [-0.1, -0.05) is 18.2 Å². The highest BCUT2D eigenvalue weighted by molar-refractivity contribution is 5.74. The fourth-order valence-corrected chi connectivity index (χ4v) is 3.44. The van der Waals surface area contributed by atoms with E-state index in [1.165, 1.54) is 5.56 Å². The molecule has 0 spiro atoms. The first-order chi connectivity index (χ1) is 12.7. The molecule has 0 aliphatic carbocycles. The number of primary amides is 1. The van der Waals surface area contributed by atoms with Crippen LogP contribution >= 0.6 is 0 Å². The number of ether oxygens (including phenoxy) is 1. The van der Waals surface area contributed by atoms with E-state index in [4.69, 9.17) is 15.7 Å². The van der Waals surface area contributed by atoms with Gasteiger partial charge in [-0.05, 0) is 29.8 Å². The zero-order valence-electron chi connectivity index (χ0n) is 14.5. The van der Waals surface area contributed by atoms with Crippen LogP contribution < -0.4 is 5.73 Å². The third kappa shape index (κ3) is 4.66. The van der Waals surface area contributed by atoms with Gasteiger partial charge < -0.3 is 10.5 Å². The summed E-state index contributed by atoms with van der Waals surface area (Å²) in [7, 11) is 0. The molecule has 134 valence electrons. The molecule has 1 aromatic heterocycles. The number of hydrogen-bond acceptors (Lipinski definition) is 5. The van der Waals surface area contributed by atoms with Crippen molar-refractivity contribution in [2.24, 2.45) is 11.7 Å². The van der Waals surface area contributed by atoms with Gasteiger partial charge in [0.05, 0.1) is 18.2 Å². The summed E-state index contributed by atoms with van der Waals surface area (Å²) in [6.45, 7) is 2.97. The van der Waals surface area contributed by atoms with Crippen molar-refractivity contribution in [3.05, 3.63) is 65.5 Å². The van der Waals surface area contributed by atoms with Crippen molar-refractivity contribution < 1.29 is 9.53 Å². The standard InChI is InChI=1S/C20H22N4O2/c21-9-15-4-6-16(7-5-15)10-24-11-17(13-26-14-20(22)25)18(12-24)19-3-1-2-8-23-19/h1-8,17-18H,10-14H2,(H2,22,25)/t17-,18+/m0/s1. The first-order valence-electron chi connectivity index (χ1n) is 8.64. The van der Waals surface area contributed by atoms with E-state index in [-0.39, 0.29) is 18.4 Å². The molecule has 0 unspecified atom stereocenters. The highest BCUT2D eigenvalue weighted by atomic mass is 16.5. The summed E-state index contributed by atoms with van der Waals surface area (Å²) in [5.41, 5.74) is 8.05. The molecule has 1 aliphatic rings. The van der Waals surface area contributed by atoms with Gasteiger partial charge >= 0.3 is 0 Å². The minimum Gasteiger partial charge on any atom is -0.371 e. The number of benzene rings is 1. The number of carbonyl (C=O) groups excluding carboxylic acids is 1. The Morgan fingerprint density at radius 2 is 2.08 bits per heavy atom. The van der Waals surface area contributed by atoms with Crippen LogP contribution in [0.5, 0.6) is 0 Å². The Balaban J connectivity index is 1.68. The molecule has 1 amide bonds. The van der Waals surface area contributed by atoms with E-state index in [0.717, 1.165) is 25.3 Å². The van der Waals surface area contributed by atoms with Crippen LogP contribution in [0.25, 0.3) is 0 Å². The molecule has 2 N–H and O–H groups in total. The minimum atomic E-state index is -0.452. The number of nitrogens with two attached hydrogens (primary N) is 1. The molecule has 1 aliphatic heterocycles. The number of hydrogen-bond donors (Lipinski definition) is 1. The van der Waals surface area contributed by atoms with Gasteiger partial charge in [0.2, 0.25) is 5.91 Å². The van der Waals surface area contributed by atoms with Crippen molar-refractivity contribution in [2.45, 2.75) is 12.5 Å². The molecule has 6 nitrogen and oxygen atoms in total. The van der Waals surface area contributed by atoms with Crippen LogP contribution in [0, 0.1) is 17.2 Å². The number of nitriles is 1. The number of amides is 1. The molecule has 1 fully saturated rings. The average Bonchev–Trinajstić information content (AvgIpc) is 3.05. The summed E-state index contributed by atoms with van der Waals surface area (Å²) in [4.78, 5) is 17.8. The van der Waals surface area contributed by atoms with Gasteiger partial charge in [-0.3, -0.25) is 14.7 Å². The topological polar surface area (TPSA) is 92.2 Å². The Morgan fingerprint density at radius 1 is 1.27 bits per heavy atom. The maximum atomic E-state index is 10.9. The number of carbonyl (C=O) groups is 1. The summed E-state index contributed by atoms with van der Waals surface area (Å²) in [5.74, 6) is 0.0527. The van der Waals surface area contributed by atoms with E-state index in [1.54, 1.807) is 6.20 Å². The number of rotatable bonds is 7. The predicted molar refractivity (Wildman–Crippen MR) is 96.9 cm³/mol. The Bertz CT molecular complexity index is 771. The molecule has 3 rings (SSSR count). The van der Waals surface area contributed by atoms with Crippen molar-refractivity contribution in [1.29, 1.82) is 5.26 Å². The van der Waals surface area contributed by atoms with Crippen molar-refractivity contribution in [3.8, 4) is 6.07 Å². The third-order valence-electron chi connectivity index (χ3n) is 4.65. The van der Waals surface area contributed by atoms with E-state index >= 15 is 0 Å². The van der Waals surface area contributed by atoms with E-state index in [0.29, 0.717) is 12.2 Å².